The van der Waals surface area contributed by atoms with E-state index < -0.39 is 10.0 Å². The molecule has 17 heavy (non-hydrogen) atoms. The standard InChI is InChI=1S/C9H10BrN3O2S2/c1-13-6-7(4-11-13)5-12-17(14,15)9-3-2-8(10)16-9/h2-4,6,12H,5H2,1H3. The molecule has 0 atom stereocenters. The highest BCUT2D eigenvalue weighted by Gasteiger charge is 2.16. The lowest BCUT2D eigenvalue weighted by molar-refractivity contribution is 0.583. The molecule has 0 radical (unpaired) electrons. The molecule has 0 aliphatic heterocycles. The fourth-order valence-electron chi connectivity index (χ4n) is 1.25. The number of thiophene rings is 1. The number of hydrogen-bond donors (Lipinski definition) is 1. The minimum Gasteiger partial charge on any atom is -0.275 e. The van der Waals surface area contributed by atoms with Gasteiger partial charge in [0, 0.05) is 25.4 Å². The summed E-state index contributed by atoms with van der Waals surface area (Å²) in [5.41, 5.74) is 0.826. The van der Waals surface area contributed by atoms with Crippen LogP contribution >= 0.6 is 27.3 Å². The molecule has 0 saturated carbocycles. The third-order valence-electron chi connectivity index (χ3n) is 2.04. The lowest BCUT2D eigenvalue weighted by atomic mass is 10.4. The smallest absolute Gasteiger partial charge is 0.250 e. The molecule has 0 saturated heterocycles. The summed E-state index contributed by atoms with van der Waals surface area (Å²) in [7, 11) is -1.64. The second-order valence-corrected chi connectivity index (χ2v) is 7.86. The summed E-state index contributed by atoms with van der Waals surface area (Å²) < 4.78 is 29.0. The molecule has 0 aliphatic carbocycles. The molecular formula is C9H10BrN3O2S2. The van der Waals surface area contributed by atoms with Crippen LogP contribution in [0.2, 0.25) is 0 Å². The van der Waals surface area contributed by atoms with E-state index in [0.717, 1.165) is 9.35 Å². The van der Waals surface area contributed by atoms with Crippen LogP contribution in [0.25, 0.3) is 0 Å². The van der Waals surface area contributed by atoms with Gasteiger partial charge in [0.05, 0.1) is 9.98 Å². The van der Waals surface area contributed by atoms with E-state index in [1.165, 1.54) is 11.3 Å². The van der Waals surface area contributed by atoms with Crippen LogP contribution < -0.4 is 4.72 Å². The van der Waals surface area contributed by atoms with Gasteiger partial charge >= 0.3 is 0 Å². The summed E-state index contributed by atoms with van der Waals surface area (Å²) in [6, 6.07) is 3.28. The second kappa shape index (κ2) is 4.89. The summed E-state index contributed by atoms with van der Waals surface area (Å²) in [5.74, 6) is 0. The number of hydrogen-bond acceptors (Lipinski definition) is 4. The first-order valence-corrected chi connectivity index (χ1v) is 7.79. The van der Waals surface area contributed by atoms with Crippen molar-refractivity contribution in [1.82, 2.24) is 14.5 Å². The van der Waals surface area contributed by atoms with E-state index in [1.807, 2.05) is 0 Å². The second-order valence-electron chi connectivity index (χ2n) is 3.41. The van der Waals surface area contributed by atoms with Gasteiger partial charge in [-0.2, -0.15) is 5.10 Å². The van der Waals surface area contributed by atoms with Crippen LogP contribution in [0.3, 0.4) is 0 Å². The minimum atomic E-state index is -3.43. The Kier molecular flexibility index (Phi) is 3.67. The van der Waals surface area contributed by atoms with Gasteiger partial charge in [-0.3, -0.25) is 4.68 Å². The van der Waals surface area contributed by atoms with Gasteiger partial charge in [-0.05, 0) is 28.1 Å². The number of aromatic nitrogens is 2. The zero-order chi connectivity index (χ0) is 12.5. The molecule has 0 fully saturated rings. The number of sulfonamides is 1. The molecule has 0 aliphatic rings. The number of rotatable bonds is 4. The largest absolute Gasteiger partial charge is 0.275 e. The Hall–Kier alpha value is -0.700. The highest BCUT2D eigenvalue weighted by molar-refractivity contribution is 9.11. The molecule has 0 aromatic carbocycles. The topological polar surface area (TPSA) is 64.0 Å². The van der Waals surface area contributed by atoms with Gasteiger partial charge < -0.3 is 0 Å². The number of halogens is 1. The number of nitrogens with one attached hydrogen (secondary N) is 1. The van der Waals surface area contributed by atoms with Crippen molar-refractivity contribution in [3.8, 4) is 0 Å². The first-order chi connectivity index (χ1) is 7.97. The lowest BCUT2D eigenvalue weighted by Gasteiger charge is -2.02. The number of nitrogens with zero attached hydrogens (tertiary/aromatic N) is 2. The summed E-state index contributed by atoms with van der Waals surface area (Å²) >= 11 is 4.42. The highest BCUT2D eigenvalue weighted by atomic mass is 79.9. The first-order valence-electron chi connectivity index (χ1n) is 4.70. The normalized spacial score (nSPS) is 11.9. The maximum absolute atomic E-state index is 11.9. The van der Waals surface area contributed by atoms with Gasteiger partial charge in [0.1, 0.15) is 4.21 Å². The van der Waals surface area contributed by atoms with Crippen molar-refractivity contribution in [3.63, 3.8) is 0 Å². The van der Waals surface area contributed by atoms with Gasteiger partial charge in [0.25, 0.3) is 0 Å². The summed E-state index contributed by atoms with van der Waals surface area (Å²) in [6.45, 7) is 0.242. The van der Waals surface area contributed by atoms with E-state index in [4.69, 9.17) is 0 Å². The van der Waals surface area contributed by atoms with Gasteiger partial charge in [0.2, 0.25) is 10.0 Å². The molecule has 2 heterocycles. The molecule has 2 aromatic rings. The molecular weight excluding hydrogens is 326 g/mol. The Morgan fingerprint density at radius 3 is 2.82 bits per heavy atom. The average molecular weight is 336 g/mol. The predicted octanol–water partition coefficient (Wildman–Crippen LogP) is 1.72. The summed E-state index contributed by atoms with van der Waals surface area (Å²) in [4.78, 5) is 0. The van der Waals surface area contributed by atoms with Crippen LogP contribution in [0.15, 0.2) is 32.5 Å². The van der Waals surface area contributed by atoms with E-state index in [9.17, 15) is 8.42 Å². The van der Waals surface area contributed by atoms with Crippen LogP contribution in [0, 0.1) is 0 Å². The van der Waals surface area contributed by atoms with Crippen molar-refractivity contribution < 1.29 is 8.42 Å². The van der Waals surface area contributed by atoms with Crippen LogP contribution in [0.5, 0.6) is 0 Å². The molecule has 92 valence electrons. The van der Waals surface area contributed by atoms with Gasteiger partial charge in [-0.15, -0.1) is 11.3 Å². The third kappa shape index (κ3) is 3.15. The highest BCUT2D eigenvalue weighted by Crippen LogP contribution is 2.25. The molecule has 0 spiro atoms. The lowest BCUT2D eigenvalue weighted by Crippen LogP contribution is -2.22. The van der Waals surface area contributed by atoms with Gasteiger partial charge in [-0.1, -0.05) is 0 Å². The Morgan fingerprint density at radius 1 is 1.53 bits per heavy atom. The third-order valence-corrected chi connectivity index (χ3v) is 5.55. The van der Waals surface area contributed by atoms with Crippen LogP contribution in [-0.4, -0.2) is 18.2 Å². The fraction of sp³-hybridized carbons (Fsp3) is 0.222. The Morgan fingerprint density at radius 2 is 2.29 bits per heavy atom. The Labute approximate surface area is 112 Å². The number of aryl methyl sites for hydroxylation is 1. The maximum atomic E-state index is 11.9. The Balaban J connectivity index is 2.08. The summed E-state index contributed by atoms with van der Waals surface area (Å²) in [6.07, 6.45) is 3.40. The molecule has 8 heteroatoms. The van der Waals surface area contributed by atoms with Crippen molar-refractivity contribution in [3.05, 3.63) is 33.9 Å². The van der Waals surface area contributed by atoms with Crippen LogP contribution in [-0.2, 0) is 23.6 Å². The maximum Gasteiger partial charge on any atom is 0.250 e. The van der Waals surface area contributed by atoms with Crippen molar-refractivity contribution >= 4 is 37.3 Å². The fourth-order valence-corrected chi connectivity index (χ4v) is 4.33. The van der Waals surface area contributed by atoms with E-state index in [0.29, 0.717) is 4.21 Å². The van der Waals surface area contributed by atoms with Crippen molar-refractivity contribution in [2.75, 3.05) is 0 Å². The molecule has 2 rings (SSSR count). The molecule has 0 bridgehead atoms. The van der Waals surface area contributed by atoms with E-state index >= 15 is 0 Å². The average Bonchev–Trinajstić information content (AvgIpc) is 2.85. The van der Waals surface area contributed by atoms with Crippen molar-refractivity contribution in [2.45, 2.75) is 10.8 Å². The molecule has 1 N–H and O–H groups in total. The van der Waals surface area contributed by atoms with E-state index in [-0.39, 0.29) is 6.54 Å². The van der Waals surface area contributed by atoms with E-state index in [2.05, 4.69) is 25.8 Å². The molecule has 0 unspecified atom stereocenters. The first kappa shape index (κ1) is 12.7. The van der Waals surface area contributed by atoms with E-state index in [1.54, 1.807) is 36.3 Å². The van der Waals surface area contributed by atoms with Crippen LogP contribution in [0.1, 0.15) is 5.56 Å². The zero-order valence-electron chi connectivity index (χ0n) is 8.92. The zero-order valence-corrected chi connectivity index (χ0v) is 12.1. The predicted molar refractivity (Wildman–Crippen MR) is 69.3 cm³/mol. The van der Waals surface area contributed by atoms with Gasteiger partial charge in [-0.25, -0.2) is 13.1 Å². The van der Waals surface area contributed by atoms with Crippen LogP contribution in [0.4, 0.5) is 0 Å². The minimum absolute atomic E-state index is 0.242. The SMILES string of the molecule is Cn1cc(CNS(=O)(=O)c2ccc(Br)s2)cn1. The molecule has 0 amide bonds. The van der Waals surface area contributed by atoms with Gasteiger partial charge in [0.15, 0.2) is 0 Å². The van der Waals surface area contributed by atoms with Crippen molar-refractivity contribution in [1.29, 1.82) is 0 Å². The summed E-state index contributed by atoms with van der Waals surface area (Å²) in [5, 5.41) is 3.97. The quantitative estimate of drug-likeness (QED) is 0.925. The molecule has 5 nitrogen and oxygen atoms in total. The Bertz CT molecular complexity index is 618. The monoisotopic (exact) mass is 335 g/mol. The molecule has 2 aromatic heterocycles. The van der Waals surface area contributed by atoms with Crippen molar-refractivity contribution in [2.24, 2.45) is 7.05 Å².